The second kappa shape index (κ2) is 6.31. The van der Waals surface area contributed by atoms with E-state index in [-0.39, 0.29) is 5.69 Å². The highest BCUT2D eigenvalue weighted by Crippen LogP contribution is 2.30. The third kappa shape index (κ3) is 3.23. The van der Waals surface area contributed by atoms with Crippen LogP contribution in [0, 0.1) is 6.92 Å². The molecule has 1 aromatic carbocycles. The van der Waals surface area contributed by atoms with Gasteiger partial charge in [-0.05, 0) is 37.3 Å². The van der Waals surface area contributed by atoms with Gasteiger partial charge < -0.3 is 0 Å². The summed E-state index contributed by atoms with van der Waals surface area (Å²) in [6.45, 7) is 2.52. The van der Waals surface area contributed by atoms with E-state index >= 15 is 0 Å². The largest absolute Gasteiger partial charge is 0.303 e. The average molecular weight is 387 g/mol. The van der Waals surface area contributed by atoms with E-state index < -0.39 is 11.7 Å². The van der Waals surface area contributed by atoms with Gasteiger partial charge in [-0.1, -0.05) is 11.6 Å². The van der Waals surface area contributed by atoms with Crippen LogP contribution in [0.1, 0.15) is 18.6 Å². The highest BCUT2D eigenvalue weighted by molar-refractivity contribution is 6.30. The summed E-state index contributed by atoms with van der Waals surface area (Å²) in [4.78, 5) is 16.3. The summed E-state index contributed by atoms with van der Waals surface area (Å²) in [6, 6.07) is 8.59. The number of rotatable bonds is 3. The Hall–Kier alpha value is -3.00. The highest BCUT2D eigenvalue weighted by atomic mass is 35.5. The van der Waals surface area contributed by atoms with Crippen LogP contribution in [0.5, 0.6) is 0 Å². The molecule has 0 radical (unpaired) electrons. The molecule has 0 atom stereocenters. The van der Waals surface area contributed by atoms with Crippen LogP contribution in [0.25, 0.3) is 28.1 Å². The van der Waals surface area contributed by atoms with Gasteiger partial charge in [0.1, 0.15) is 11.5 Å². The monoisotopic (exact) mass is 386 g/mol. The Balaban J connectivity index is 1.96. The van der Waals surface area contributed by atoms with Gasteiger partial charge in [-0.2, -0.15) is 13.9 Å². The molecule has 4 aromatic rings. The maximum absolute atomic E-state index is 13.6. The quantitative estimate of drug-likeness (QED) is 0.523. The maximum Gasteiger partial charge on any atom is 0.303 e. The summed E-state index contributed by atoms with van der Waals surface area (Å²) in [5.41, 5.74) is 1.94. The lowest BCUT2D eigenvalue weighted by Crippen LogP contribution is -2.12. The summed E-state index contributed by atoms with van der Waals surface area (Å²) in [5.74, 6) is -3.16. The first-order chi connectivity index (χ1) is 12.8. The molecule has 0 unspecified atom stereocenters. The van der Waals surface area contributed by atoms with Crippen molar-refractivity contribution in [1.82, 2.24) is 29.7 Å². The standard InChI is InChI=1S/C18H13ClF2N6/c1-10-23-9-13-15(14-7-8-22-17(25-14)18(2,20)21)26-27(16(13)24-10)12-5-3-11(19)4-6-12/h3-9H,1-2H3. The Morgan fingerprint density at radius 1 is 1.04 bits per heavy atom. The summed E-state index contributed by atoms with van der Waals surface area (Å²) in [6.07, 6.45) is 2.90. The molecule has 3 heterocycles. The summed E-state index contributed by atoms with van der Waals surface area (Å²) in [5, 5.41) is 5.75. The minimum Gasteiger partial charge on any atom is -0.241 e. The number of nitrogens with zero attached hydrogens (tertiary/aromatic N) is 6. The summed E-state index contributed by atoms with van der Waals surface area (Å²) in [7, 11) is 0. The van der Waals surface area contributed by atoms with Crippen molar-refractivity contribution in [2.45, 2.75) is 19.8 Å². The Kier molecular flexibility index (Phi) is 4.07. The predicted molar refractivity (Wildman–Crippen MR) is 97.0 cm³/mol. The van der Waals surface area contributed by atoms with Crippen molar-refractivity contribution >= 4 is 22.6 Å². The maximum atomic E-state index is 13.6. The van der Waals surface area contributed by atoms with Crippen LogP contribution < -0.4 is 0 Å². The van der Waals surface area contributed by atoms with Crippen molar-refractivity contribution in [2.24, 2.45) is 0 Å². The van der Waals surface area contributed by atoms with E-state index in [1.54, 1.807) is 42.1 Å². The average Bonchev–Trinajstić information content (AvgIpc) is 3.00. The fourth-order valence-corrected chi connectivity index (χ4v) is 2.77. The van der Waals surface area contributed by atoms with Crippen molar-refractivity contribution < 1.29 is 8.78 Å². The van der Waals surface area contributed by atoms with Crippen LogP contribution in [0.2, 0.25) is 5.02 Å². The van der Waals surface area contributed by atoms with E-state index in [1.165, 1.54) is 12.3 Å². The SMILES string of the molecule is Cc1ncc2c(-c3ccnc(C(C)(F)F)n3)nn(-c3ccc(Cl)cc3)c2n1. The molecule has 0 N–H and O–H groups in total. The second-order valence-corrected chi connectivity index (χ2v) is 6.48. The van der Waals surface area contributed by atoms with Gasteiger partial charge in [0.15, 0.2) is 11.5 Å². The molecule has 0 bridgehead atoms. The zero-order chi connectivity index (χ0) is 19.2. The third-order valence-corrected chi connectivity index (χ3v) is 4.16. The summed E-state index contributed by atoms with van der Waals surface area (Å²) < 4.78 is 28.9. The summed E-state index contributed by atoms with van der Waals surface area (Å²) >= 11 is 5.96. The number of aromatic nitrogens is 6. The fraction of sp³-hybridized carbons (Fsp3) is 0.167. The minimum atomic E-state index is -3.16. The number of benzene rings is 1. The molecule has 0 aliphatic heterocycles. The van der Waals surface area contributed by atoms with Crippen LogP contribution >= 0.6 is 11.6 Å². The molecule has 0 aliphatic rings. The molecule has 3 aromatic heterocycles. The van der Waals surface area contributed by atoms with E-state index in [1.807, 2.05) is 0 Å². The van der Waals surface area contributed by atoms with Gasteiger partial charge in [0.05, 0.1) is 16.8 Å². The van der Waals surface area contributed by atoms with Crippen LogP contribution in [-0.2, 0) is 5.92 Å². The molecule has 0 fully saturated rings. The molecular formula is C18H13ClF2N6. The number of alkyl halides is 2. The van der Waals surface area contributed by atoms with Gasteiger partial charge in [-0.15, -0.1) is 0 Å². The van der Waals surface area contributed by atoms with Gasteiger partial charge >= 0.3 is 5.92 Å². The molecule has 27 heavy (non-hydrogen) atoms. The van der Waals surface area contributed by atoms with Crippen LogP contribution in [0.3, 0.4) is 0 Å². The third-order valence-electron chi connectivity index (χ3n) is 3.91. The molecule has 0 saturated carbocycles. The molecule has 4 rings (SSSR count). The number of hydrogen-bond acceptors (Lipinski definition) is 5. The molecule has 6 nitrogen and oxygen atoms in total. The number of aryl methyl sites for hydroxylation is 1. The first-order valence-corrected chi connectivity index (χ1v) is 8.41. The minimum absolute atomic E-state index is 0.270. The molecule has 0 aliphatic carbocycles. The fourth-order valence-electron chi connectivity index (χ4n) is 2.64. The Morgan fingerprint density at radius 3 is 2.48 bits per heavy atom. The Morgan fingerprint density at radius 2 is 1.78 bits per heavy atom. The Labute approximate surface area is 157 Å². The normalized spacial score (nSPS) is 11.9. The molecule has 9 heteroatoms. The van der Waals surface area contributed by atoms with Crippen LogP contribution in [0.15, 0.2) is 42.7 Å². The van der Waals surface area contributed by atoms with E-state index in [0.29, 0.717) is 27.6 Å². The zero-order valence-corrected chi connectivity index (χ0v) is 15.1. The van der Waals surface area contributed by atoms with Crippen molar-refractivity contribution in [3.8, 4) is 17.1 Å². The zero-order valence-electron chi connectivity index (χ0n) is 14.4. The molecule has 0 amide bonds. The molecular weight excluding hydrogens is 374 g/mol. The lowest BCUT2D eigenvalue weighted by molar-refractivity contribution is 0.00779. The lowest BCUT2D eigenvalue weighted by atomic mass is 10.2. The Bertz CT molecular complexity index is 1140. The van der Waals surface area contributed by atoms with Crippen molar-refractivity contribution in [1.29, 1.82) is 0 Å². The van der Waals surface area contributed by atoms with Crippen LogP contribution in [-0.4, -0.2) is 29.7 Å². The van der Waals surface area contributed by atoms with Crippen LogP contribution in [0.4, 0.5) is 8.78 Å². The van der Waals surface area contributed by atoms with Gasteiger partial charge in [-0.25, -0.2) is 24.6 Å². The smallest absolute Gasteiger partial charge is 0.241 e. The van der Waals surface area contributed by atoms with E-state index in [0.717, 1.165) is 12.6 Å². The number of halogens is 3. The predicted octanol–water partition coefficient (Wildman–Crippen LogP) is 4.35. The number of hydrogen-bond donors (Lipinski definition) is 0. The van der Waals surface area contributed by atoms with Crippen molar-refractivity contribution in [2.75, 3.05) is 0 Å². The first-order valence-electron chi connectivity index (χ1n) is 8.03. The molecule has 0 spiro atoms. The van der Waals surface area contributed by atoms with Gasteiger partial charge in [0, 0.05) is 24.3 Å². The van der Waals surface area contributed by atoms with Gasteiger partial charge in [-0.3, -0.25) is 0 Å². The topological polar surface area (TPSA) is 69.4 Å². The second-order valence-electron chi connectivity index (χ2n) is 6.05. The van der Waals surface area contributed by atoms with E-state index in [2.05, 4.69) is 25.0 Å². The van der Waals surface area contributed by atoms with Crippen molar-refractivity contribution in [3.05, 3.63) is 59.4 Å². The van der Waals surface area contributed by atoms with E-state index in [4.69, 9.17) is 11.6 Å². The van der Waals surface area contributed by atoms with Crippen molar-refractivity contribution in [3.63, 3.8) is 0 Å². The lowest BCUT2D eigenvalue weighted by Gasteiger charge is -2.08. The highest BCUT2D eigenvalue weighted by Gasteiger charge is 2.29. The van der Waals surface area contributed by atoms with E-state index in [9.17, 15) is 8.78 Å². The van der Waals surface area contributed by atoms with Gasteiger partial charge in [0.2, 0.25) is 0 Å². The first kappa shape index (κ1) is 17.4. The molecule has 136 valence electrons. The number of fused-ring (bicyclic) bond motifs is 1. The molecule has 0 saturated heterocycles. The van der Waals surface area contributed by atoms with Gasteiger partial charge in [0.25, 0.3) is 0 Å².